The van der Waals surface area contributed by atoms with Crippen LogP contribution in [0.3, 0.4) is 0 Å². The molecule has 90 valence electrons. The summed E-state index contributed by atoms with van der Waals surface area (Å²) in [5.74, 6) is 1.59. The van der Waals surface area contributed by atoms with Crippen LogP contribution in [0.25, 0.3) is 0 Å². The van der Waals surface area contributed by atoms with Crippen LogP contribution < -0.4 is 19.9 Å². The fraction of sp³-hybridized carbons (Fsp3) is 0.455. The third-order valence-electron chi connectivity index (χ3n) is 2.25. The van der Waals surface area contributed by atoms with E-state index in [9.17, 15) is 0 Å². The van der Waals surface area contributed by atoms with E-state index in [1.807, 2.05) is 0 Å². The zero-order chi connectivity index (χ0) is 12.1. The third kappa shape index (κ3) is 2.33. The zero-order valence-corrected chi connectivity index (χ0v) is 10.4. The Labute approximate surface area is 100 Å². The maximum Gasteiger partial charge on any atom is 0.205 e. The second-order valence-electron chi connectivity index (χ2n) is 3.16. The van der Waals surface area contributed by atoms with Crippen LogP contribution in [0.4, 0.5) is 0 Å². The summed E-state index contributed by atoms with van der Waals surface area (Å²) in [6.07, 6.45) is 0.670. The SMILES string of the molecule is COc1c(Cl)cc(CCN)c(OC)c1OC. The van der Waals surface area contributed by atoms with Crippen molar-refractivity contribution in [1.29, 1.82) is 0 Å². The van der Waals surface area contributed by atoms with Crippen LogP contribution in [-0.2, 0) is 6.42 Å². The van der Waals surface area contributed by atoms with E-state index in [2.05, 4.69) is 0 Å². The van der Waals surface area contributed by atoms with Crippen LogP contribution in [0.1, 0.15) is 5.56 Å². The molecule has 0 amide bonds. The molecule has 0 aliphatic heterocycles. The maximum atomic E-state index is 6.08. The van der Waals surface area contributed by atoms with Gasteiger partial charge in [0.15, 0.2) is 11.5 Å². The molecule has 0 unspecified atom stereocenters. The Bertz CT molecular complexity index is 369. The second-order valence-corrected chi connectivity index (χ2v) is 3.56. The quantitative estimate of drug-likeness (QED) is 0.861. The summed E-state index contributed by atoms with van der Waals surface area (Å²) in [6, 6.07) is 1.79. The lowest BCUT2D eigenvalue weighted by atomic mass is 10.1. The molecule has 1 aromatic carbocycles. The molecule has 16 heavy (non-hydrogen) atoms. The number of rotatable bonds is 5. The van der Waals surface area contributed by atoms with E-state index >= 15 is 0 Å². The maximum absolute atomic E-state index is 6.08. The summed E-state index contributed by atoms with van der Waals surface area (Å²) < 4.78 is 15.7. The van der Waals surface area contributed by atoms with E-state index in [0.29, 0.717) is 35.2 Å². The van der Waals surface area contributed by atoms with Gasteiger partial charge in [0.25, 0.3) is 0 Å². The number of ether oxygens (including phenoxy) is 3. The van der Waals surface area contributed by atoms with Crippen molar-refractivity contribution in [2.24, 2.45) is 5.73 Å². The van der Waals surface area contributed by atoms with Crippen molar-refractivity contribution >= 4 is 11.6 Å². The summed E-state index contributed by atoms with van der Waals surface area (Å²) in [7, 11) is 4.65. The number of hydrogen-bond donors (Lipinski definition) is 1. The molecular formula is C11H16ClNO3. The number of nitrogens with two attached hydrogens (primary N) is 1. The van der Waals surface area contributed by atoms with Gasteiger partial charge in [-0.25, -0.2) is 0 Å². The highest BCUT2D eigenvalue weighted by atomic mass is 35.5. The topological polar surface area (TPSA) is 53.7 Å². The van der Waals surface area contributed by atoms with Gasteiger partial charge in [-0.2, -0.15) is 0 Å². The summed E-state index contributed by atoms with van der Waals surface area (Å²) in [5.41, 5.74) is 6.44. The van der Waals surface area contributed by atoms with Gasteiger partial charge in [0.05, 0.1) is 26.4 Å². The van der Waals surface area contributed by atoms with Crippen molar-refractivity contribution in [3.05, 3.63) is 16.7 Å². The van der Waals surface area contributed by atoms with Gasteiger partial charge < -0.3 is 19.9 Å². The third-order valence-corrected chi connectivity index (χ3v) is 2.53. The van der Waals surface area contributed by atoms with Gasteiger partial charge >= 0.3 is 0 Å². The van der Waals surface area contributed by atoms with E-state index < -0.39 is 0 Å². The van der Waals surface area contributed by atoms with E-state index in [1.165, 1.54) is 7.11 Å². The molecule has 0 aromatic heterocycles. The van der Waals surface area contributed by atoms with Gasteiger partial charge in [-0.05, 0) is 19.0 Å². The Balaban J connectivity index is 3.37. The number of benzene rings is 1. The minimum Gasteiger partial charge on any atom is -0.492 e. The molecule has 0 atom stereocenters. The first kappa shape index (κ1) is 12.9. The Morgan fingerprint density at radius 2 is 1.62 bits per heavy atom. The van der Waals surface area contributed by atoms with Gasteiger partial charge in [0.2, 0.25) is 5.75 Å². The Hall–Kier alpha value is -1.13. The Morgan fingerprint density at radius 3 is 2.06 bits per heavy atom. The zero-order valence-electron chi connectivity index (χ0n) is 9.67. The van der Waals surface area contributed by atoms with Crippen LogP contribution in [0, 0.1) is 0 Å². The van der Waals surface area contributed by atoms with Crippen molar-refractivity contribution in [1.82, 2.24) is 0 Å². The van der Waals surface area contributed by atoms with Crippen LogP contribution in [-0.4, -0.2) is 27.9 Å². The molecule has 0 heterocycles. The first-order valence-corrected chi connectivity index (χ1v) is 5.24. The summed E-state index contributed by atoms with van der Waals surface area (Å²) >= 11 is 6.08. The average Bonchev–Trinajstić information content (AvgIpc) is 2.28. The van der Waals surface area contributed by atoms with Crippen LogP contribution in [0.2, 0.25) is 5.02 Å². The minimum atomic E-state index is 0.474. The highest BCUT2D eigenvalue weighted by molar-refractivity contribution is 6.32. The highest BCUT2D eigenvalue weighted by Crippen LogP contribution is 2.44. The van der Waals surface area contributed by atoms with Crippen molar-refractivity contribution < 1.29 is 14.2 Å². The highest BCUT2D eigenvalue weighted by Gasteiger charge is 2.19. The Kier molecular flexibility index (Phi) is 4.71. The van der Waals surface area contributed by atoms with Gasteiger partial charge in [-0.1, -0.05) is 11.6 Å². The van der Waals surface area contributed by atoms with E-state index in [0.717, 1.165) is 5.56 Å². The smallest absolute Gasteiger partial charge is 0.205 e. The van der Waals surface area contributed by atoms with Crippen LogP contribution >= 0.6 is 11.6 Å². The van der Waals surface area contributed by atoms with Gasteiger partial charge in [0, 0.05) is 5.56 Å². The molecule has 2 N–H and O–H groups in total. The number of methoxy groups -OCH3 is 3. The van der Waals surface area contributed by atoms with Crippen molar-refractivity contribution in [2.75, 3.05) is 27.9 Å². The summed E-state index contributed by atoms with van der Waals surface area (Å²) in [4.78, 5) is 0. The Morgan fingerprint density at radius 1 is 1.06 bits per heavy atom. The van der Waals surface area contributed by atoms with E-state index in [4.69, 9.17) is 31.5 Å². The fourth-order valence-corrected chi connectivity index (χ4v) is 1.88. The number of halogens is 1. The summed E-state index contributed by atoms with van der Waals surface area (Å²) in [6.45, 7) is 0.516. The number of hydrogen-bond acceptors (Lipinski definition) is 4. The second kappa shape index (κ2) is 5.82. The molecule has 0 saturated carbocycles. The monoisotopic (exact) mass is 245 g/mol. The first-order chi connectivity index (χ1) is 7.69. The minimum absolute atomic E-state index is 0.474. The van der Waals surface area contributed by atoms with Gasteiger partial charge in [-0.3, -0.25) is 0 Å². The lowest BCUT2D eigenvalue weighted by Gasteiger charge is -2.16. The molecule has 0 fully saturated rings. The first-order valence-electron chi connectivity index (χ1n) is 4.87. The van der Waals surface area contributed by atoms with Crippen LogP contribution in [0.5, 0.6) is 17.2 Å². The normalized spacial score (nSPS) is 10.1. The van der Waals surface area contributed by atoms with E-state index in [1.54, 1.807) is 20.3 Å². The molecule has 0 bridgehead atoms. The lowest BCUT2D eigenvalue weighted by molar-refractivity contribution is 0.322. The molecule has 0 aliphatic carbocycles. The predicted molar refractivity (Wildman–Crippen MR) is 63.9 cm³/mol. The van der Waals surface area contributed by atoms with Crippen molar-refractivity contribution in [2.45, 2.75) is 6.42 Å². The van der Waals surface area contributed by atoms with E-state index in [-0.39, 0.29) is 0 Å². The molecule has 0 saturated heterocycles. The molecule has 0 aliphatic rings. The fourth-order valence-electron chi connectivity index (χ4n) is 1.58. The molecule has 4 nitrogen and oxygen atoms in total. The van der Waals surface area contributed by atoms with Gasteiger partial charge in [0.1, 0.15) is 0 Å². The van der Waals surface area contributed by atoms with Crippen molar-refractivity contribution in [3.8, 4) is 17.2 Å². The van der Waals surface area contributed by atoms with Gasteiger partial charge in [-0.15, -0.1) is 0 Å². The summed E-state index contributed by atoms with van der Waals surface area (Å²) in [5, 5.41) is 0.489. The van der Waals surface area contributed by atoms with Crippen molar-refractivity contribution in [3.63, 3.8) is 0 Å². The molecule has 1 rings (SSSR count). The predicted octanol–water partition coefficient (Wildman–Crippen LogP) is 1.87. The lowest BCUT2D eigenvalue weighted by Crippen LogP contribution is -2.06. The molecule has 0 radical (unpaired) electrons. The standard InChI is InChI=1S/C11H16ClNO3/c1-14-9-7(4-5-13)6-8(12)10(15-2)11(9)16-3/h6H,4-5,13H2,1-3H3. The average molecular weight is 246 g/mol. The molecule has 5 heteroatoms. The van der Waals surface area contributed by atoms with Crippen LogP contribution in [0.15, 0.2) is 6.07 Å². The largest absolute Gasteiger partial charge is 0.492 e. The molecular weight excluding hydrogens is 230 g/mol. The molecule has 0 spiro atoms. The molecule has 1 aromatic rings.